The second kappa shape index (κ2) is 7.76. The second-order valence-electron chi connectivity index (χ2n) is 8.21. The Hall–Kier alpha value is -3.72. The number of carbonyl (C=O) groups is 1. The van der Waals surface area contributed by atoms with Crippen LogP contribution in [0.2, 0.25) is 0 Å². The van der Waals surface area contributed by atoms with Gasteiger partial charge in [-0.2, -0.15) is 0 Å². The summed E-state index contributed by atoms with van der Waals surface area (Å²) >= 11 is 0. The average Bonchev–Trinajstić information content (AvgIpc) is 3.48. The van der Waals surface area contributed by atoms with Crippen LogP contribution < -0.4 is 15.4 Å². The van der Waals surface area contributed by atoms with E-state index >= 15 is 0 Å². The van der Waals surface area contributed by atoms with Crippen LogP contribution in [0.25, 0.3) is 10.9 Å². The van der Waals surface area contributed by atoms with Crippen molar-refractivity contribution in [3.63, 3.8) is 0 Å². The van der Waals surface area contributed by atoms with E-state index in [0.717, 1.165) is 66.7 Å². The van der Waals surface area contributed by atoms with E-state index in [1.54, 1.807) is 23.2 Å². The largest absolute Gasteiger partial charge is 0.439 e. The summed E-state index contributed by atoms with van der Waals surface area (Å²) in [7, 11) is 0. The highest BCUT2D eigenvalue weighted by atomic mass is 16.5. The number of amides is 1. The smallest absolute Gasteiger partial charge is 0.331 e. The number of fused-ring (bicyclic) bond motifs is 2. The number of hydrogen-bond donors (Lipinski definition) is 2. The molecule has 0 radical (unpaired) electrons. The minimum atomic E-state index is -0.294. The fourth-order valence-corrected chi connectivity index (χ4v) is 4.07. The molecule has 1 aliphatic carbocycles. The molecule has 3 aromatic heterocycles. The van der Waals surface area contributed by atoms with Gasteiger partial charge in [0.1, 0.15) is 17.8 Å². The monoisotopic (exact) mass is 434 g/mol. The first-order chi connectivity index (χ1) is 15.7. The lowest BCUT2D eigenvalue weighted by Gasteiger charge is -2.11. The summed E-state index contributed by atoms with van der Waals surface area (Å²) in [4.78, 5) is 21.5. The molecule has 2 aliphatic rings. The van der Waals surface area contributed by atoms with Gasteiger partial charge in [-0.1, -0.05) is 5.16 Å². The second-order valence-corrected chi connectivity index (χ2v) is 8.21. The number of benzene rings is 1. The van der Waals surface area contributed by atoms with E-state index in [1.807, 2.05) is 24.3 Å². The fourth-order valence-electron chi connectivity index (χ4n) is 4.07. The van der Waals surface area contributed by atoms with Gasteiger partial charge in [-0.25, -0.2) is 14.8 Å². The molecule has 32 heavy (non-hydrogen) atoms. The molecule has 4 aromatic rings. The standard InChI is InChI=1S/C23H22N6O3.2H2/c30-23(27-21-11-20(32-28-21)14-3-4-14)29-9-7-15-10-16(5-6-19(15)29)31-22-17-2-1-8-24-12-18(17)25-13-26-22;;/h5-7,9-11,13-14,24H,1-4,8,12H2,(H,27,28,30);2*1H. The van der Waals surface area contributed by atoms with Gasteiger partial charge in [0, 0.05) is 38.5 Å². The molecule has 0 bridgehead atoms. The summed E-state index contributed by atoms with van der Waals surface area (Å²) < 4.78 is 13.0. The summed E-state index contributed by atoms with van der Waals surface area (Å²) in [5.74, 6) is 2.96. The van der Waals surface area contributed by atoms with E-state index < -0.39 is 0 Å². The number of hydrogen-bond acceptors (Lipinski definition) is 7. The Morgan fingerprint density at radius 3 is 3.09 bits per heavy atom. The van der Waals surface area contributed by atoms with Crippen molar-refractivity contribution in [3.05, 3.63) is 59.9 Å². The Labute approximate surface area is 186 Å². The number of nitrogens with one attached hydrogen (secondary N) is 2. The van der Waals surface area contributed by atoms with Crippen LogP contribution in [0.15, 0.2) is 47.4 Å². The predicted molar refractivity (Wildman–Crippen MR) is 121 cm³/mol. The van der Waals surface area contributed by atoms with Crippen LogP contribution in [0.4, 0.5) is 10.6 Å². The molecular formula is C23H26N6O3. The molecule has 166 valence electrons. The maximum atomic E-state index is 12.8. The van der Waals surface area contributed by atoms with Gasteiger partial charge in [-0.05, 0) is 56.5 Å². The zero-order valence-electron chi connectivity index (χ0n) is 17.4. The molecule has 1 aromatic carbocycles. The maximum Gasteiger partial charge on any atom is 0.331 e. The molecule has 0 atom stereocenters. The van der Waals surface area contributed by atoms with Crippen LogP contribution in [-0.2, 0) is 13.0 Å². The molecule has 9 nitrogen and oxygen atoms in total. The van der Waals surface area contributed by atoms with Gasteiger partial charge < -0.3 is 14.6 Å². The quantitative estimate of drug-likeness (QED) is 0.479. The number of aromatic nitrogens is 4. The highest BCUT2D eigenvalue weighted by molar-refractivity contribution is 5.98. The first kappa shape index (κ1) is 19.0. The zero-order chi connectivity index (χ0) is 21.5. The lowest BCUT2D eigenvalue weighted by molar-refractivity contribution is 0.254. The van der Waals surface area contributed by atoms with Gasteiger partial charge in [0.2, 0.25) is 5.88 Å². The first-order valence-corrected chi connectivity index (χ1v) is 10.8. The minimum absolute atomic E-state index is 0. The van der Waals surface area contributed by atoms with E-state index in [1.165, 1.54) is 0 Å². The van der Waals surface area contributed by atoms with Crippen molar-refractivity contribution >= 4 is 22.8 Å². The maximum absolute atomic E-state index is 12.8. The lowest BCUT2D eigenvalue weighted by Crippen LogP contribution is -2.18. The highest BCUT2D eigenvalue weighted by Crippen LogP contribution is 2.40. The van der Waals surface area contributed by atoms with E-state index in [-0.39, 0.29) is 8.88 Å². The van der Waals surface area contributed by atoms with Crippen molar-refractivity contribution in [3.8, 4) is 11.6 Å². The molecule has 0 unspecified atom stereocenters. The summed E-state index contributed by atoms with van der Waals surface area (Å²) in [5.41, 5.74) is 2.80. The number of carbonyl (C=O) groups excluding carboxylic acids is 1. The lowest BCUT2D eigenvalue weighted by atomic mass is 10.1. The molecular weight excluding hydrogens is 408 g/mol. The van der Waals surface area contributed by atoms with E-state index in [0.29, 0.717) is 23.4 Å². The average molecular weight is 435 g/mol. The Morgan fingerprint density at radius 2 is 2.19 bits per heavy atom. The molecule has 2 N–H and O–H groups in total. The van der Waals surface area contributed by atoms with E-state index in [2.05, 4.69) is 25.8 Å². The molecule has 0 spiro atoms. The number of anilines is 1. The number of rotatable bonds is 4. The Balaban J connectivity index is 0.00000137. The van der Waals surface area contributed by atoms with E-state index in [9.17, 15) is 4.79 Å². The Bertz CT molecular complexity index is 1320. The van der Waals surface area contributed by atoms with Crippen LogP contribution in [0.5, 0.6) is 11.6 Å². The number of nitrogens with zero attached hydrogens (tertiary/aromatic N) is 4. The van der Waals surface area contributed by atoms with Crippen LogP contribution in [0.3, 0.4) is 0 Å². The molecule has 1 amide bonds. The molecule has 4 heterocycles. The van der Waals surface area contributed by atoms with Gasteiger partial charge in [-0.15, -0.1) is 0 Å². The third-order valence-corrected chi connectivity index (χ3v) is 5.91. The van der Waals surface area contributed by atoms with E-state index in [4.69, 9.17) is 9.26 Å². The van der Waals surface area contributed by atoms with Gasteiger partial charge in [0.15, 0.2) is 5.82 Å². The zero-order valence-corrected chi connectivity index (χ0v) is 17.4. The van der Waals surface area contributed by atoms with Gasteiger partial charge in [0.05, 0.1) is 11.2 Å². The summed E-state index contributed by atoms with van der Waals surface area (Å²) in [6, 6.07) is 9.00. The first-order valence-electron chi connectivity index (χ1n) is 10.8. The SMILES string of the molecule is O=C(Nc1cc(C2CC2)on1)n1ccc2cc(Oc3ncnc4c3CCCNC4)ccc21.[HH].[HH]. The van der Waals surface area contributed by atoms with Gasteiger partial charge in [-0.3, -0.25) is 9.88 Å². The number of ether oxygens (including phenoxy) is 1. The summed E-state index contributed by atoms with van der Waals surface area (Å²) in [6.07, 6.45) is 7.39. The van der Waals surface area contributed by atoms with Gasteiger partial charge in [0.25, 0.3) is 0 Å². The van der Waals surface area contributed by atoms with Crippen molar-refractivity contribution in [2.75, 3.05) is 11.9 Å². The molecule has 1 fully saturated rings. The van der Waals surface area contributed by atoms with Crippen molar-refractivity contribution < 1.29 is 16.9 Å². The molecule has 9 heteroatoms. The predicted octanol–water partition coefficient (Wildman–Crippen LogP) is 4.70. The molecule has 6 rings (SSSR count). The normalized spacial score (nSPS) is 15.9. The van der Waals surface area contributed by atoms with Gasteiger partial charge >= 0.3 is 6.03 Å². The molecule has 1 aliphatic heterocycles. The minimum Gasteiger partial charge on any atom is -0.439 e. The van der Waals surface area contributed by atoms with Crippen LogP contribution in [0, 0.1) is 0 Å². The Kier molecular flexibility index (Phi) is 4.61. The van der Waals surface area contributed by atoms with Crippen molar-refractivity contribution in [2.24, 2.45) is 0 Å². The topological polar surface area (TPSA) is 107 Å². The summed E-state index contributed by atoms with van der Waals surface area (Å²) in [5, 5.41) is 11.0. The van der Waals surface area contributed by atoms with Crippen LogP contribution in [-0.4, -0.2) is 32.3 Å². The van der Waals surface area contributed by atoms with Crippen molar-refractivity contribution in [2.45, 2.75) is 38.1 Å². The Morgan fingerprint density at radius 1 is 1.25 bits per heavy atom. The fraction of sp³-hybridized carbons (Fsp3) is 0.304. The molecule has 0 saturated heterocycles. The van der Waals surface area contributed by atoms with Crippen LogP contribution in [0.1, 0.15) is 45.1 Å². The van der Waals surface area contributed by atoms with Crippen LogP contribution >= 0.6 is 0 Å². The molecule has 1 saturated carbocycles. The highest BCUT2D eigenvalue weighted by Gasteiger charge is 2.28. The van der Waals surface area contributed by atoms with Crippen molar-refractivity contribution in [1.82, 2.24) is 25.0 Å². The third kappa shape index (κ3) is 3.60. The summed E-state index contributed by atoms with van der Waals surface area (Å²) in [6.45, 7) is 1.67. The van der Waals surface area contributed by atoms with Crippen molar-refractivity contribution in [1.29, 1.82) is 0 Å². The third-order valence-electron chi connectivity index (χ3n) is 5.91.